The molecule has 0 bridgehead atoms. The van der Waals surface area contributed by atoms with Gasteiger partial charge in [-0.1, -0.05) is 31.2 Å². The van der Waals surface area contributed by atoms with Crippen molar-refractivity contribution in [1.82, 2.24) is 4.90 Å². The minimum absolute atomic E-state index is 0.213. The average molecular weight is 530 g/mol. The van der Waals surface area contributed by atoms with Gasteiger partial charge in [0, 0.05) is 30.8 Å². The molecule has 2 heterocycles. The molecule has 1 N–H and O–H groups in total. The molecule has 1 saturated heterocycles. The van der Waals surface area contributed by atoms with Crippen LogP contribution in [0.3, 0.4) is 0 Å². The van der Waals surface area contributed by atoms with Crippen molar-refractivity contribution in [3.8, 4) is 23.0 Å². The molecule has 206 valence electrons. The Bertz CT molecular complexity index is 1300. The van der Waals surface area contributed by atoms with E-state index in [1.807, 2.05) is 36.4 Å². The topological polar surface area (TPSA) is 60.4 Å². The molecule has 3 atom stereocenters. The first-order valence-electron chi connectivity index (χ1n) is 13.8. The monoisotopic (exact) mass is 529 g/mol. The summed E-state index contributed by atoms with van der Waals surface area (Å²) in [5, 5.41) is 10.2. The van der Waals surface area contributed by atoms with E-state index in [1.54, 1.807) is 19.2 Å². The van der Waals surface area contributed by atoms with Gasteiger partial charge in [0.25, 0.3) is 0 Å². The average Bonchev–Trinajstić information content (AvgIpc) is 3.39. The Morgan fingerprint density at radius 1 is 1.00 bits per heavy atom. The molecule has 5 rings (SSSR count). The largest absolute Gasteiger partial charge is 0.508 e. The third-order valence-electron chi connectivity index (χ3n) is 7.73. The van der Waals surface area contributed by atoms with Crippen LogP contribution in [0.1, 0.15) is 50.0 Å². The van der Waals surface area contributed by atoms with Crippen molar-refractivity contribution in [3.05, 3.63) is 83.4 Å². The van der Waals surface area contributed by atoms with Crippen molar-refractivity contribution < 1.29 is 24.1 Å². The number of rotatable bonds is 10. The molecule has 0 saturated carbocycles. The first-order valence-corrected chi connectivity index (χ1v) is 13.8. The van der Waals surface area contributed by atoms with Crippen LogP contribution in [-0.4, -0.2) is 56.1 Å². The van der Waals surface area contributed by atoms with Gasteiger partial charge in [0.2, 0.25) is 0 Å². The number of hydrogen-bond acceptors (Lipinski definition) is 6. The van der Waals surface area contributed by atoms with Gasteiger partial charge in [-0.05, 0) is 91.9 Å². The maximum Gasteiger partial charge on any atom is 0.150 e. The van der Waals surface area contributed by atoms with Gasteiger partial charge < -0.3 is 24.1 Å². The summed E-state index contributed by atoms with van der Waals surface area (Å²) in [6.07, 6.45) is 0.941. The Morgan fingerprint density at radius 3 is 2.56 bits per heavy atom. The van der Waals surface area contributed by atoms with E-state index in [0.29, 0.717) is 25.9 Å². The molecular weight excluding hydrogens is 490 g/mol. The Morgan fingerprint density at radius 2 is 1.82 bits per heavy atom. The number of hydrogen-bond donors (Lipinski definition) is 1. The number of phenolic OH excluding ortho intramolecular Hbond substituents is 1. The highest BCUT2D eigenvalue weighted by Crippen LogP contribution is 2.47. The lowest BCUT2D eigenvalue weighted by Gasteiger charge is -2.31. The molecule has 3 aromatic rings. The van der Waals surface area contributed by atoms with E-state index >= 15 is 0 Å². The fourth-order valence-electron chi connectivity index (χ4n) is 5.47. The lowest BCUT2D eigenvalue weighted by molar-refractivity contribution is 0.146. The van der Waals surface area contributed by atoms with Crippen LogP contribution in [-0.2, 0) is 4.74 Å². The highest BCUT2D eigenvalue weighted by atomic mass is 16.5. The molecular formula is C33H39NO5. The van der Waals surface area contributed by atoms with Gasteiger partial charge in [0.05, 0.1) is 6.61 Å². The van der Waals surface area contributed by atoms with Crippen molar-refractivity contribution in [2.24, 2.45) is 5.92 Å². The summed E-state index contributed by atoms with van der Waals surface area (Å²) in [6.45, 7) is 10.6. The second-order valence-electron chi connectivity index (χ2n) is 10.7. The summed E-state index contributed by atoms with van der Waals surface area (Å²) in [5.41, 5.74) is 5.02. The van der Waals surface area contributed by atoms with E-state index in [4.69, 9.17) is 18.9 Å². The molecule has 2 aliphatic heterocycles. The zero-order chi connectivity index (χ0) is 27.4. The van der Waals surface area contributed by atoms with Crippen LogP contribution in [0.2, 0.25) is 0 Å². The van der Waals surface area contributed by atoms with Crippen molar-refractivity contribution in [2.75, 3.05) is 40.0 Å². The van der Waals surface area contributed by atoms with E-state index in [0.717, 1.165) is 64.1 Å². The SMILES string of the molecule is COCCOc1cccc(C2=C(C)c3cc(O)ccc3OC2c2ccc(OCC(C)N3CCC(C)C3)cc2)c1. The van der Waals surface area contributed by atoms with Gasteiger partial charge in [-0.25, -0.2) is 0 Å². The maximum atomic E-state index is 10.2. The normalized spacial score (nSPS) is 19.9. The van der Waals surface area contributed by atoms with Crippen LogP contribution in [0, 0.1) is 5.92 Å². The third-order valence-corrected chi connectivity index (χ3v) is 7.73. The zero-order valence-electron chi connectivity index (χ0n) is 23.4. The van der Waals surface area contributed by atoms with Gasteiger partial charge in [0.15, 0.2) is 0 Å². The summed E-state index contributed by atoms with van der Waals surface area (Å²) >= 11 is 0. The number of benzene rings is 3. The van der Waals surface area contributed by atoms with Crippen LogP contribution in [0.25, 0.3) is 11.1 Å². The first kappa shape index (κ1) is 27.1. The molecule has 0 amide bonds. The summed E-state index contributed by atoms with van der Waals surface area (Å²) < 4.78 is 23.8. The zero-order valence-corrected chi connectivity index (χ0v) is 23.4. The molecule has 3 unspecified atom stereocenters. The number of nitrogens with zero attached hydrogens (tertiary/aromatic N) is 1. The maximum absolute atomic E-state index is 10.2. The van der Waals surface area contributed by atoms with E-state index in [1.165, 1.54) is 6.42 Å². The number of phenols is 1. The smallest absolute Gasteiger partial charge is 0.150 e. The second kappa shape index (κ2) is 12.1. The highest BCUT2D eigenvalue weighted by molar-refractivity contribution is 5.95. The van der Waals surface area contributed by atoms with E-state index < -0.39 is 0 Å². The second-order valence-corrected chi connectivity index (χ2v) is 10.7. The first-order chi connectivity index (χ1) is 18.9. The number of ether oxygens (including phenoxy) is 4. The van der Waals surface area contributed by atoms with Gasteiger partial charge in [0.1, 0.15) is 42.3 Å². The number of likely N-dealkylation sites (tertiary alicyclic amines) is 1. The predicted octanol–water partition coefficient (Wildman–Crippen LogP) is 6.59. The number of aromatic hydroxyl groups is 1. The standard InChI is InChI=1S/C33H39NO5/c1-22-14-15-34(20-22)23(2)21-38-28-11-8-25(9-12-28)33-32(24(3)30-19-27(35)10-13-31(30)39-33)26-6-5-7-29(18-26)37-17-16-36-4/h5-13,18-19,22-23,33,35H,14-17,20-21H2,1-4H3. The molecule has 3 aromatic carbocycles. The molecule has 6 nitrogen and oxygen atoms in total. The molecule has 0 spiro atoms. The molecule has 0 aromatic heterocycles. The molecule has 0 aliphatic carbocycles. The quantitative estimate of drug-likeness (QED) is 0.299. The molecule has 0 radical (unpaired) electrons. The van der Waals surface area contributed by atoms with Crippen LogP contribution < -0.4 is 14.2 Å². The minimum atomic E-state index is -0.324. The van der Waals surface area contributed by atoms with Crippen molar-refractivity contribution in [1.29, 1.82) is 0 Å². The van der Waals surface area contributed by atoms with Crippen molar-refractivity contribution in [2.45, 2.75) is 39.3 Å². The predicted molar refractivity (Wildman–Crippen MR) is 155 cm³/mol. The summed E-state index contributed by atoms with van der Waals surface area (Å²) in [4.78, 5) is 2.51. The van der Waals surface area contributed by atoms with Gasteiger partial charge in [-0.15, -0.1) is 0 Å². The Kier molecular flexibility index (Phi) is 8.44. The van der Waals surface area contributed by atoms with E-state index in [9.17, 15) is 5.11 Å². The fourth-order valence-corrected chi connectivity index (χ4v) is 5.47. The van der Waals surface area contributed by atoms with E-state index in [2.05, 4.69) is 43.9 Å². The van der Waals surface area contributed by atoms with Crippen LogP contribution in [0.4, 0.5) is 0 Å². The number of methoxy groups -OCH3 is 1. The summed E-state index contributed by atoms with van der Waals surface area (Å²) in [6, 6.07) is 21.9. The van der Waals surface area contributed by atoms with Gasteiger partial charge >= 0.3 is 0 Å². The van der Waals surface area contributed by atoms with Crippen LogP contribution >= 0.6 is 0 Å². The summed E-state index contributed by atoms with van der Waals surface area (Å²) in [5.74, 6) is 3.36. The molecule has 2 aliphatic rings. The third kappa shape index (κ3) is 6.23. The lowest BCUT2D eigenvalue weighted by Crippen LogP contribution is -2.35. The molecule has 1 fully saturated rings. The Balaban J connectivity index is 1.40. The van der Waals surface area contributed by atoms with E-state index in [-0.39, 0.29) is 11.9 Å². The van der Waals surface area contributed by atoms with Gasteiger partial charge in [-0.2, -0.15) is 0 Å². The molecule has 39 heavy (non-hydrogen) atoms. The highest BCUT2D eigenvalue weighted by Gasteiger charge is 2.30. The number of fused-ring (bicyclic) bond motifs is 1. The number of allylic oxidation sites excluding steroid dienone is 1. The Labute approximate surface area is 231 Å². The fraction of sp³-hybridized carbons (Fsp3) is 0.394. The van der Waals surface area contributed by atoms with Gasteiger partial charge in [-0.3, -0.25) is 4.90 Å². The summed E-state index contributed by atoms with van der Waals surface area (Å²) in [7, 11) is 1.66. The molecule has 6 heteroatoms. The minimum Gasteiger partial charge on any atom is -0.508 e. The van der Waals surface area contributed by atoms with Crippen molar-refractivity contribution >= 4 is 11.1 Å². The van der Waals surface area contributed by atoms with Crippen LogP contribution in [0.5, 0.6) is 23.0 Å². The lowest BCUT2D eigenvalue weighted by atomic mass is 9.86. The van der Waals surface area contributed by atoms with Crippen molar-refractivity contribution in [3.63, 3.8) is 0 Å². The van der Waals surface area contributed by atoms with Crippen LogP contribution in [0.15, 0.2) is 66.7 Å². The Hall–Kier alpha value is -3.48.